The molecule has 0 saturated heterocycles. The van der Waals surface area contributed by atoms with Crippen molar-refractivity contribution in [1.29, 1.82) is 0 Å². The molecule has 2 amide bonds. The number of carbonyl (C=O) groups is 2. The molecule has 0 radical (unpaired) electrons. The summed E-state index contributed by atoms with van der Waals surface area (Å²) in [5.74, 6) is 0.640. The first-order chi connectivity index (χ1) is 15.7. The van der Waals surface area contributed by atoms with Crippen LogP contribution in [0.1, 0.15) is 40.2 Å². The third kappa shape index (κ3) is 5.02. The Bertz CT molecular complexity index is 1040. The first-order valence-electron chi connectivity index (χ1n) is 11.0. The van der Waals surface area contributed by atoms with Gasteiger partial charge in [0.2, 0.25) is 5.91 Å². The smallest absolute Gasteiger partial charge is 0.254 e. The number of benzene rings is 2. The van der Waals surface area contributed by atoms with Gasteiger partial charge in [-0.1, -0.05) is 43.3 Å². The lowest BCUT2D eigenvalue weighted by molar-refractivity contribution is -0.135. The number of hydrogen-bond acceptors (Lipinski definition) is 4. The highest BCUT2D eigenvalue weighted by Crippen LogP contribution is 2.34. The van der Waals surface area contributed by atoms with Crippen LogP contribution in [-0.4, -0.2) is 47.9 Å². The largest absolute Gasteiger partial charge is 0.491 e. The Morgan fingerprint density at radius 1 is 1.06 bits per heavy atom. The summed E-state index contributed by atoms with van der Waals surface area (Å²) in [5.41, 5.74) is 1.76. The number of para-hydroxylation sites is 1. The molecular weight excluding hydrogens is 420 g/mol. The van der Waals surface area contributed by atoms with E-state index in [1.165, 1.54) is 4.88 Å². The Morgan fingerprint density at radius 2 is 1.78 bits per heavy atom. The number of hydrogen-bond donors (Lipinski definition) is 0. The van der Waals surface area contributed by atoms with Gasteiger partial charge < -0.3 is 14.5 Å². The van der Waals surface area contributed by atoms with Crippen LogP contribution < -0.4 is 4.74 Å². The molecule has 0 N–H and O–H groups in total. The number of ether oxygens (including phenoxy) is 1. The molecule has 2 aromatic carbocycles. The molecule has 1 atom stereocenters. The molecule has 32 heavy (non-hydrogen) atoms. The number of amides is 2. The van der Waals surface area contributed by atoms with E-state index in [1.54, 1.807) is 28.4 Å². The lowest BCUT2D eigenvalue weighted by atomic mass is 10.0. The number of carbonyl (C=O) groups excluding carboxylic acids is 2. The molecule has 1 aromatic heterocycles. The van der Waals surface area contributed by atoms with Gasteiger partial charge in [0.15, 0.2) is 0 Å². The molecule has 5 nitrogen and oxygen atoms in total. The summed E-state index contributed by atoms with van der Waals surface area (Å²) in [4.78, 5) is 31.3. The Labute approximate surface area is 193 Å². The highest BCUT2D eigenvalue weighted by molar-refractivity contribution is 7.10. The normalized spacial score (nSPS) is 15.2. The van der Waals surface area contributed by atoms with E-state index in [2.05, 4.69) is 11.4 Å². The van der Waals surface area contributed by atoms with Crippen molar-refractivity contribution in [3.8, 4) is 5.75 Å². The molecule has 0 bridgehead atoms. The van der Waals surface area contributed by atoms with Crippen LogP contribution in [0.15, 0.2) is 72.1 Å². The number of nitrogens with zero attached hydrogens (tertiary/aromatic N) is 2. The van der Waals surface area contributed by atoms with Crippen LogP contribution in [0.5, 0.6) is 5.75 Å². The molecule has 166 valence electrons. The summed E-state index contributed by atoms with van der Waals surface area (Å²) in [6, 6.07) is 20.8. The monoisotopic (exact) mass is 448 g/mol. The average Bonchev–Trinajstić information content (AvgIpc) is 3.32. The van der Waals surface area contributed by atoms with Gasteiger partial charge in [0, 0.05) is 23.5 Å². The van der Waals surface area contributed by atoms with E-state index < -0.39 is 0 Å². The fourth-order valence-electron chi connectivity index (χ4n) is 4.11. The van der Waals surface area contributed by atoms with Crippen molar-refractivity contribution < 1.29 is 14.3 Å². The van der Waals surface area contributed by atoms with Crippen molar-refractivity contribution in [3.63, 3.8) is 0 Å². The van der Waals surface area contributed by atoms with Crippen molar-refractivity contribution >= 4 is 23.2 Å². The first kappa shape index (κ1) is 22.1. The second-order valence-electron chi connectivity index (χ2n) is 7.87. The number of fused-ring (bicyclic) bond motifs is 1. The van der Waals surface area contributed by atoms with Gasteiger partial charge in [-0.05, 0) is 54.1 Å². The molecule has 1 aliphatic heterocycles. The van der Waals surface area contributed by atoms with Gasteiger partial charge in [-0.3, -0.25) is 9.59 Å². The minimum Gasteiger partial charge on any atom is -0.491 e. The molecular formula is C26H28N2O3S. The topological polar surface area (TPSA) is 49.9 Å². The van der Waals surface area contributed by atoms with Crippen LogP contribution in [0, 0.1) is 0 Å². The predicted molar refractivity (Wildman–Crippen MR) is 127 cm³/mol. The maximum atomic E-state index is 13.5. The minimum atomic E-state index is -0.159. The van der Waals surface area contributed by atoms with Gasteiger partial charge in [-0.25, -0.2) is 0 Å². The summed E-state index contributed by atoms with van der Waals surface area (Å²) >= 11 is 1.73. The van der Waals surface area contributed by atoms with E-state index in [-0.39, 0.29) is 24.4 Å². The molecule has 4 rings (SSSR count). The van der Waals surface area contributed by atoms with Crippen molar-refractivity contribution in [1.82, 2.24) is 9.80 Å². The summed E-state index contributed by atoms with van der Waals surface area (Å²) in [6.07, 6.45) is 1.63. The van der Waals surface area contributed by atoms with E-state index in [0.717, 1.165) is 24.2 Å². The summed E-state index contributed by atoms with van der Waals surface area (Å²) in [6.45, 7) is 3.66. The van der Waals surface area contributed by atoms with E-state index in [4.69, 9.17) is 4.74 Å². The zero-order valence-corrected chi connectivity index (χ0v) is 19.1. The Morgan fingerprint density at radius 3 is 2.50 bits per heavy atom. The fraction of sp³-hybridized carbons (Fsp3) is 0.308. The van der Waals surface area contributed by atoms with Crippen molar-refractivity contribution in [2.24, 2.45) is 0 Å². The van der Waals surface area contributed by atoms with Crippen molar-refractivity contribution in [3.05, 3.63) is 88.1 Å². The summed E-state index contributed by atoms with van der Waals surface area (Å²) in [7, 11) is 0. The van der Waals surface area contributed by atoms with Gasteiger partial charge in [-0.2, -0.15) is 0 Å². The Hall–Kier alpha value is -3.12. The highest BCUT2D eigenvalue weighted by Gasteiger charge is 2.33. The molecule has 0 saturated carbocycles. The lowest BCUT2D eigenvalue weighted by Gasteiger charge is -2.37. The summed E-state index contributed by atoms with van der Waals surface area (Å²) in [5, 5.41) is 2.08. The third-order valence-corrected chi connectivity index (χ3v) is 6.69. The van der Waals surface area contributed by atoms with Gasteiger partial charge >= 0.3 is 0 Å². The van der Waals surface area contributed by atoms with Crippen LogP contribution in [-0.2, 0) is 11.2 Å². The quantitative estimate of drug-likeness (QED) is 0.497. The second kappa shape index (κ2) is 10.5. The van der Waals surface area contributed by atoms with Gasteiger partial charge in [0.25, 0.3) is 5.91 Å². The van der Waals surface area contributed by atoms with Crippen LogP contribution >= 0.6 is 11.3 Å². The zero-order chi connectivity index (χ0) is 22.3. The van der Waals surface area contributed by atoms with E-state index in [1.807, 2.05) is 60.4 Å². The standard InChI is InChI=1S/C26H28N2O3S/c1-2-15-27(26(30)20-9-5-3-6-10-20)18-25(29)28-16-13-24-22(14-17-32-24)23(28)19-31-21-11-7-4-8-12-21/h3-12,14,17,23H,2,13,15-16,18-19H2,1H3/t23-/m1/s1. The molecule has 0 fully saturated rings. The maximum absolute atomic E-state index is 13.5. The second-order valence-corrected chi connectivity index (χ2v) is 8.87. The Kier molecular flexibility index (Phi) is 7.22. The van der Waals surface area contributed by atoms with E-state index >= 15 is 0 Å². The number of rotatable bonds is 8. The average molecular weight is 449 g/mol. The molecule has 0 aliphatic carbocycles. The molecule has 0 unspecified atom stereocenters. The maximum Gasteiger partial charge on any atom is 0.254 e. The van der Waals surface area contributed by atoms with Crippen LogP contribution in [0.4, 0.5) is 0 Å². The first-order valence-corrected chi connectivity index (χ1v) is 11.9. The van der Waals surface area contributed by atoms with E-state index in [9.17, 15) is 9.59 Å². The fourth-order valence-corrected chi connectivity index (χ4v) is 5.03. The van der Waals surface area contributed by atoms with Gasteiger partial charge in [0.1, 0.15) is 18.9 Å². The predicted octanol–water partition coefficient (Wildman–Crippen LogP) is 4.81. The van der Waals surface area contributed by atoms with Crippen LogP contribution in [0.2, 0.25) is 0 Å². The van der Waals surface area contributed by atoms with Crippen molar-refractivity contribution in [2.75, 3.05) is 26.2 Å². The third-order valence-electron chi connectivity index (χ3n) is 5.69. The van der Waals surface area contributed by atoms with Crippen LogP contribution in [0.3, 0.4) is 0 Å². The molecule has 2 heterocycles. The van der Waals surface area contributed by atoms with Crippen molar-refractivity contribution in [2.45, 2.75) is 25.8 Å². The van der Waals surface area contributed by atoms with Crippen LogP contribution in [0.25, 0.3) is 0 Å². The summed E-state index contributed by atoms with van der Waals surface area (Å²) < 4.78 is 6.05. The molecule has 6 heteroatoms. The highest BCUT2D eigenvalue weighted by atomic mass is 32.1. The SMILES string of the molecule is CCCN(CC(=O)N1CCc2sccc2[C@H]1COc1ccccc1)C(=O)c1ccccc1. The Balaban J connectivity index is 1.51. The zero-order valence-electron chi connectivity index (χ0n) is 18.3. The number of thiophene rings is 1. The van der Waals surface area contributed by atoms with E-state index in [0.29, 0.717) is 25.3 Å². The van der Waals surface area contributed by atoms with Gasteiger partial charge in [0.05, 0.1) is 6.04 Å². The minimum absolute atomic E-state index is 0.0405. The molecule has 1 aliphatic rings. The van der Waals surface area contributed by atoms with Gasteiger partial charge in [-0.15, -0.1) is 11.3 Å². The molecule has 0 spiro atoms. The molecule has 3 aromatic rings. The lowest BCUT2D eigenvalue weighted by Crippen LogP contribution is -2.48.